The third-order valence-corrected chi connectivity index (χ3v) is 6.48. The van der Waals surface area contributed by atoms with Crippen molar-refractivity contribution in [2.24, 2.45) is 5.41 Å². The maximum atomic E-state index is 12.3. The van der Waals surface area contributed by atoms with Crippen molar-refractivity contribution < 1.29 is 28.8 Å². The molecule has 2 amide bonds. The molecule has 1 atom stereocenters. The molecule has 1 aromatic heterocycles. The van der Waals surface area contributed by atoms with Crippen molar-refractivity contribution in [3.05, 3.63) is 77.2 Å². The molecule has 9 nitrogen and oxygen atoms in total. The molecule has 0 fully saturated rings. The first-order valence-electron chi connectivity index (χ1n) is 11.4. The van der Waals surface area contributed by atoms with E-state index in [0.717, 1.165) is 22.3 Å². The fourth-order valence-corrected chi connectivity index (χ4v) is 4.03. The Hall–Kier alpha value is -4.14. The summed E-state index contributed by atoms with van der Waals surface area (Å²) in [6.07, 6.45) is -0.258. The van der Waals surface area contributed by atoms with Gasteiger partial charge in [-0.3, -0.25) is 9.59 Å². The summed E-state index contributed by atoms with van der Waals surface area (Å²) in [6.45, 7) is 3.42. The van der Waals surface area contributed by atoms with Crippen molar-refractivity contribution in [1.29, 1.82) is 0 Å². The number of ether oxygens (including phenoxy) is 1. The minimum absolute atomic E-state index is 0.00169. The third kappa shape index (κ3) is 5.03. The van der Waals surface area contributed by atoms with Crippen LogP contribution in [0.2, 0.25) is 0 Å². The molecule has 1 unspecified atom stereocenters. The number of carboxylic acids is 1. The first-order chi connectivity index (χ1) is 16.8. The number of benzene rings is 2. The number of nitrogens with zero attached hydrogens (tertiary/aromatic N) is 1. The third-order valence-electron chi connectivity index (χ3n) is 6.48. The van der Waals surface area contributed by atoms with Crippen LogP contribution in [-0.4, -0.2) is 41.4 Å². The van der Waals surface area contributed by atoms with Crippen LogP contribution in [0.15, 0.2) is 59.1 Å². The van der Waals surface area contributed by atoms with Crippen LogP contribution < -0.4 is 10.6 Å². The predicted molar refractivity (Wildman–Crippen MR) is 127 cm³/mol. The lowest BCUT2D eigenvalue weighted by molar-refractivity contribution is -0.147. The van der Waals surface area contributed by atoms with Crippen LogP contribution in [-0.2, 0) is 16.1 Å². The molecule has 0 saturated carbocycles. The van der Waals surface area contributed by atoms with E-state index in [0.29, 0.717) is 6.42 Å². The second-order valence-corrected chi connectivity index (χ2v) is 8.76. The monoisotopic (exact) mass is 477 g/mol. The zero-order chi connectivity index (χ0) is 25.0. The maximum Gasteiger partial charge on any atom is 0.407 e. The van der Waals surface area contributed by atoms with E-state index < -0.39 is 23.4 Å². The SMILES string of the molecule is CCC(C)(CNC(=O)c1cc(CNC(=O)OCC2c3ccccc3-c3ccccc32)on1)C(=O)O. The number of hydrogen-bond acceptors (Lipinski definition) is 6. The summed E-state index contributed by atoms with van der Waals surface area (Å²) in [5.74, 6) is -1.33. The number of alkyl carbamates (subject to hydrolysis) is 1. The highest BCUT2D eigenvalue weighted by molar-refractivity contribution is 5.92. The Labute approximate surface area is 202 Å². The van der Waals surface area contributed by atoms with E-state index in [-0.39, 0.29) is 37.1 Å². The predicted octanol–water partition coefficient (Wildman–Crippen LogP) is 3.94. The number of carboxylic acid groups (broad SMARTS) is 1. The standard InChI is InChI=1S/C26H27N3O6/c1-3-26(2,24(31)32)15-28-23(30)22-12-16(35-29-22)13-27-25(33)34-14-21-19-10-6-4-8-17(19)18-9-5-7-11-20(18)21/h4-12,21H,3,13-15H2,1-2H3,(H,27,33)(H,28,30)(H,31,32). The van der Waals surface area contributed by atoms with Crippen LogP contribution in [0.1, 0.15) is 53.6 Å². The van der Waals surface area contributed by atoms with E-state index in [9.17, 15) is 19.5 Å². The van der Waals surface area contributed by atoms with E-state index in [1.165, 1.54) is 6.07 Å². The van der Waals surface area contributed by atoms with Crippen molar-refractivity contribution in [2.75, 3.05) is 13.2 Å². The quantitative estimate of drug-likeness (QED) is 0.425. The summed E-state index contributed by atoms with van der Waals surface area (Å²) in [6, 6.07) is 17.5. The van der Waals surface area contributed by atoms with E-state index in [1.54, 1.807) is 13.8 Å². The summed E-state index contributed by atoms with van der Waals surface area (Å²) in [4.78, 5) is 36.0. The van der Waals surface area contributed by atoms with Gasteiger partial charge in [-0.05, 0) is 35.6 Å². The number of rotatable bonds is 9. The summed E-state index contributed by atoms with van der Waals surface area (Å²) >= 11 is 0. The van der Waals surface area contributed by atoms with Gasteiger partial charge in [0.1, 0.15) is 6.61 Å². The first-order valence-corrected chi connectivity index (χ1v) is 11.4. The fourth-order valence-electron chi connectivity index (χ4n) is 4.03. The summed E-state index contributed by atoms with van der Waals surface area (Å²) < 4.78 is 10.6. The highest BCUT2D eigenvalue weighted by Crippen LogP contribution is 2.44. The van der Waals surface area contributed by atoms with Gasteiger partial charge in [0.25, 0.3) is 5.91 Å². The number of fused-ring (bicyclic) bond motifs is 3. The van der Waals surface area contributed by atoms with Crippen molar-refractivity contribution in [3.63, 3.8) is 0 Å². The van der Waals surface area contributed by atoms with E-state index in [2.05, 4.69) is 27.9 Å². The van der Waals surface area contributed by atoms with E-state index in [1.807, 2.05) is 36.4 Å². The highest BCUT2D eigenvalue weighted by atomic mass is 16.5. The van der Waals surface area contributed by atoms with Gasteiger partial charge in [0.05, 0.1) is 12.0 Å². The summed E-state index contributed by atoms with van der Waals surface area (Å²) in [5.41, 5.74) is 3.45. The second kappa shape index (κ2) is 10.0. The Morgan fingerprint density at radius 3 is 2.29 bits per heavy atom. The van der Waals surface area contributed by atoms with Gasteiger partial charge >= 0.3 is 12.1 Å². The molecular weight excluding hydrogens is 450 g/mol. The fraction of sp³-hybridized carbons (Fsp3) is 0.308. The number of carbonyl (C=O) groups is 3. The molecule has 1 heterocycles. The van der Waals surface area contributed by atoms with Crippen LogP contribution in [0.3, 0.4) is 0 Å². The van der Waals surface area contributed by atoms with Gasteiger partial charge in [-0.1, -0.05) is 60.6 Å². The van der Waals surface area contributed by atoms with Gasteiger partial charge in [0, 0.05) is 18.5 Å². The summed E-state index contributed by atoms with van der Waals surface area (Å²) in [7, 11) is 0. The summed E-state index contributed by atoms with van der Waals surface area (Å²) in [5, 5.41) is 18.2. The van der Waals surface area contributed by atoms with Crippen molar-refractivity contribution in [1.82, 2.24) is 15.8 Å². The van der Waals surface area contributed by atoms with Crippen molar-refractivity contribution >= 4 is 18.0 Å². The number of aliphatic carboxylic acids is 1. The molecule has 2 aromatic carbocycles. The molecule has 35 heavy (non-hydrogen) atoms. The molecular formula is C26H27N3O6. The van der Waals surface area contributed by atoms with Crippen molar-refractivity contribution in [3.8, 4) is 11.1 Å². The minimum atomic E-state index is -1.08. The second-order valence-electron chi connectivity index (χ2n) is 8.76. The highest BCUT2D eigenvalue weighted by Gasteiger charge is 2.32. The van der Waals surface area contributed by atoms with Crippen molar-refractivity contribution in [2.45, 2.75) is 32.7 Å². The minimum Gasteiger partial charge on any atom is -0.481 e. The maximum absolute atomic E-state index is 12.3. The average molecular weight is 478 g/mol. The van der Waals surface area contributed by atoms with Crippen LogP contribution in [0, 0.1) is 5.41 Å². The van der Waals surface area contributed by atoms with Crippen LogP contribution in [0.25, 0.3) is 11.1 Å². The molecule has 9 heteroatoms. The molecule has 1 aliphatic rings. The molecule has 0 spiro atoms. The normalized spacial score (nSPS) is 13.9. The Balaban J connectivity index is 1.29. The van der Waals surface area contributed by atoms with E-state index in [4.69, 9.17) is 9.26 Å². The molecule has 3 aromatic rings. The van der Waals surface area contributed by atoms with Gasteiger partial charge in [0.2, 0.25) is 0 Å². The Morgan fingerprint density at radius 1 is 1.06 bits per heavy atom. The Morgan fingerprint density at radius 2 is 1.69 bits per heavy atom. The van der Waals surface area contributed by atoms with Gasteiger partial charge in [-0.15, -0.1) is 0 Å². The average Bonchev–Trinajstić information content (AvgIpc) is 3.47. The number of aromatic nitrogens is 1. The molecule has 0 radical (unpaired) electrons. The smallest absolute Gasteiger partial charge is 0.407 e. The lowest BCUT2D eigenvalue weighted by Crippen LogP contribution is -2.40. The zero-order valence-electron chi connectivity index (χ0n) is 19.5. The molecule has 1 aliphatic carbocycles. The zero-order valence-corrected chi connectivity index (χ0v) is 19.5. The molecule has 0 saturated heterocycles. The van der Waals surface area contributed by atoms with Crippen LogP contribution >= 0.6 is 0 Å². The molecule has 3 N–H and O–H groups in total. The van der Waals surface area contributed by atoms with E-state index >= 15 is 0 Å². The van der Waals surface area contributed by atoms with Gasteiger partial charge in [-0.25, -0.2) is 4.79 Å². The number of carbonyl (C=O) groups excluding carboxylic acids is 2. The molecule has 4 rings (SSSR count). The van der Waals surface area contributed by atoms with Gasteiger partial charge < -0.3 is 25.0 Å². The number of nitrogens with one attached hydrogen (secondary N) is 2. The first kappa shape index (κ1) is 24.0. The molecule has 0 aliphatic heterocycles. The Bertz CT molecular complexity index is 1210. The number of hydrogen-bond donors (Lipinski definition) is 3. The van der Waals surface area contributed by atoms with Gasteiger partial charge in [-0.2, -0.15) is 0 Å². The number of amides is 2. The van der Waals surface area contributed by atoms with Crippen LogP contribution in [0.4, 0.5) is 4.79 Å². The molecule has 0 bridgehead atoms. The largest absolute Gasteiger partial charge is 0.481 e. The van der Waals surface area contributed by atoms with Gasteiger partial charge in [0.15, 0.2) is 11.5 Å². The molecule has 182 valence electrons. The lowest BCUT2D eigenvalue weighted by atomic mass is 9.88. The van der Waals surface area contributed by atoms with Crippen LogP contribution in [0.5, 0.6) is 0 Å². The lowest BCUT2D eigenvalue weighted by Gasteiger charge is -2.22. The topological polar surface area (TPSA) is 131 Å². The Kier molecular flexibility index (Phi) is 6.86.